The van der Waals surface area contributed by atoms with Crippen LogP contribution in [0.15, 0.2) is 36.8 Å². The Morgan fingerprint density at radius 1 is 1.26 bits per heavy atom. The molecule has 0 bridgehead atoms. The first-order chi connectivity index (χ1) is 11.1. The third kappa shape index (κ3) is 3.53. The largest absolute Gasteiger partial charge is 0.337 e. The molecule has 1 aliphatic heterocycles. The van der Waals surface area contributed by atoms with Gasteiger partial charge in [0.05, 0.1) is 12.1 Å². The minimum Gasteiger partial charge on any atom is -0.337 e. The van der Waals surface area contributed by atoms with Crippen molar-refractivity contribution < 1.29 is 4.79 Å². The summed E-state index contributed by atoms with van der Waals surface area (Å²) < 4.78 is 0. The van der Waals surface area contributed by atoms with Gasteiger partial charge in [0, 0.05) is 43.4 Å². The summed E-state index contributed by atoms with van der Waals surface area (Å²) in [6.45, 7) is 4.08. The minimum absolute atomic E-state index is 0.0717. The quantitative estimate of drug-likeness (QED) is 0.857. The number of hydrogen-bond acceptors (Lipinski definition) is 5. The van der Waals surface area contributed by atoms with Gasteiger partial charge in [-0.3, -0.25) is 14.7 Å². The predicted octanol–water partition coefficient (Wildman–Crippen LogP) is 1.53. The van der Waals surface area contributed by atoms with Gasteiger partial charge in [-0.05, 0) is 38.6 Å². The highest BCUT2D eigenvalue weighted by molar-refractivity contribution is 5.95. The van der Waals surface area contributed by atoms with Crippen LogP contribution >= 0.6 is 0 Å². The fourth-order valence-electron chi connectivity index (χ4n) is 2.93. The summed E-state index contributed by atoms with van der Waals surface area (Å²) in [6.07, 6.45) is 6.19. The second kappa shape index (κ2) is 6.83. The first kappa shape index (κ1) is 15.6. The van der Waals surface area contributed by atoms with Gasteiger partial charge in [-0.25, -0.2) is 9.97 Å². The number of hydrogen-bond donors (Lipinski definition) is 0. The lowest BCUT2D eigenvalue weighted by Crippen LogP contribution is -2.36. The van der Waals surface area contributed by atoms with E-state index >= 15 is 0 Å². The first-order valence-electron chi connectivity index (χ1n) is 7.82. The van der Waals surface area contributed by atoms with Crippen LogP contribution in [0.25, 0.3) is 0 Å². The van der Waals surface area contributed by atoms with E-state index in [9.17, 15) is 4.79 Å². The molecule has 1 atom stereocenters. The third-order valence-corrected chi connectivity index (χ3v) is 4.32. The molecule has 0 aliphatic carbocycles. The molecule has 3 rings (SSSR count). The molecule has 1 amide bonds. The smallest absolute Gasteiger partial charge is 0.255 e. The summed E-state index contributed by atoms with van der Waals surface area (Å²) in [4.78, 5) is 29.5. The van der Waals surface area contributed by atoms with Crippen LogP contribution in [-0.2, 0) is 6.54 Å². The van der Waals surface area contributed by atoms with Gasteiger partial charge < -0.3 is 4.90 Å². The van der Waals surface area contributed by atoms with E-state index in [0.717, 1.165) is 31.0 Å². The predicted molar refractivity (Wildman–Crippen MR) is 86.8 cm³/mol. The van der Waals surface area contributed by atoms with Gasteiger partial charge in [-0.2, -0.15) is 0 Å². The van der Waals surface area contributed by atoms with Crippen molar-refractivity contribution >= 4 is 5.91 Å². The molecule has 6 heteroatoms. The molecule has 6 nitrogen and oxygen atoms in total. The zero-order valence-corrected chi connectivity index (χ0v) is 13.5. The van der Waals surface area contributed by atoms with Gasteiger partial charge in [0.15, 0.2) is 0 Å². The van der Waals surface area contributed by atoms with E-state index < -0.39 is 0 Å². The monoisotopic (exact) mass is 311 g/mol. The number of rotatable bonds is 4. The number of aromatic nitrogens is 3. The number of carbonyl (C=O) groups excluding carboxylic acids is 1. The average molecular weight is 311 g/mol. The van der Waals surface area contributed by atoms with Crippen LogP contribution in [0.1, 0.15) is 28.3 Å². The van der Waals surface area contributed by atoms with Crippen LogP contribution in [0, 0.1) is 6.92 Å². The van der Waals surface area contributed by atoms with Crippen molar-refractivity contribution in [3.63, 3.8) is 0 Å². The van der Waals surface area contributed by atoms with Gasteiger partial charge in [-0.1, -0.05) is 0 Å². The Bertz CT molecular complexity index is 676. The topological polar surface area (TPSA) is 62.2 Å². The van der Waals surface area contributed by atoms with Crippen molar-refractivity contribution in [2.75, 3.05) is 20.1 Å². The maximum absolute atomic E-state index is 12.6. The number of likely N-dealkylation sites (tertiary alicyclic amines) is 1. The van der Waals surface area contributed by atoms with Crippen molar-refractivity contribution in [2.45, 2.75) is 25.9 Å². The Hall–Kier alpha value is -2.34. The number of aryl methyl sites for hydroxylation is 1. The number of likely N-dealkylation sites (N-methyl/N-ethyl adjacent to an activating group) is 1. The second-order valence-corrected chi connectivity index (χ2v) is 5.91. The Kier molecular flexibility index (Phi) is 4.62. The van der Waals surface area contributed by atoms with Crippen LogP contribution in [0.4, 0.5) is 0 Å². The number of amides is 1. The highest BCUT2D eigenvalue weighted by atomic mass is 16.2. The summed E-state index contributed by atoms with van der Waals surface area (Å²) >= 11 is 0. The summed E-state index contributed by atoms with van der Waals surface area (Å²) in [6, 6.07) is 5.81. The fraction of sp³-hybridized carbons (Fsp3) is 0.412. The van der Waals surface area contributed by atoms with E-state index in [-0.39, 0.29) is 5.91 Å². The molecule has 0 spiro atoms. The van der Waals surface area contributed by atoms with E-state index in [1.54, 1.807) is 18.6 Å². The van der Waals surface area contributed by atoms with Gasteiger partial charge in [0.2, 0.25) is 0 Å². The molecule has 1 aliphatic rings. The molecule has 2 aromatic heterocycles. The van der Waals surface area contributed by atoms with Gasteiger partial charge in [0.25, 0.3) is 5.91 Å². The summed E-state index contributed by atoms with van der Waals surface area (Å²) in [5, 5.41) is 0. The maximum atomic E-state index is 12.6. The molecule has 0 aromatic carbocycles. The van der Waals surface area contributed by atoms with Gasteiger partial charge >= 0.3 is 0 Å². The van der Waals surface area contributed by atoms with Crippen LogP contribution in [0.2, 0.25) is 0 Å². The summed E-state index contributed by atoms with van der Waals surface area (Å²) in [5.74, 6) is 0.880. The SMILES string of the molecule is Cc1ncccc1C(=O)N1CC[C@H](N(C)Cc2ncccn2)C1. The second-order valence-electron chi connectivity index (χ2n) is 5.91. The van der Waals surface area contributed by atoms with Crippen LogP contribution in [0.5, 0.6) is 0 Å². The third-order valence-electron chi connectivity index (χ3n) is 4.32. The van der Waals surface area contributed by atoms with Crippen molar-refractivity contribution in [3.05, 3.63) is 53.9 Å². The maximum Gasteiger partial charge on any atom is 0.255 e. The molecule has 2 aromatic rings. The molecule has 120 valence electrons. The van der Waals surface area contributed by atoms with Gasteiger partial charge in [-0.15, -0.1) is 0 Å². The molecule has 1 fully saturated rings. The minimum atomic E-state index is 0.0717. The van der Waals surface area contributed by atoms with E-state index in [1.165, 1.54) is 0 Å². The molecule has 23 heavy (non-hydrogen) atoms. The van der Waals surface area contributed by atoms with E-state index in [0.29, 0.717) is 18.2 Å². The molecule has 3 heterocycles. The summed E-state index contributed by atoms with van der Waals surface area (Å²) in [5.41, 5.74) is 1.48. The Morgan fingerprint density at radius 2 is 2.00 bits per heavy atom. The Labute approximate surface area is 136 Å². The van der Waals surface area contributed by atoms with E-state index in [1.807, 2.05) is 30.0 Å². The lowest BCUT2D eigenvalue weighted by molar-refractivity contribution is 0.0778. The van der Waals surface area contributed by atoms with E-state index in [4.69, 9.17) is 0 Å². The number of carbonyl (C=O) groups is 1. The molecule has 0 radical (unpaired) electrons. The van der Waals surface area contributed by atoms with E-state index in [2.05, 4.69) is 26.9 Å². The molecule has 0 unspecified atom stereocenters. The number of nitrogens with zero attached hydrogens (tertiary/aromatic N) is 5. The molecule has 0 N–H and O–H groups in total. The van der Waals surface area contributed by atoms with Gasteiger partial charge in [0.1, 0.15) is 5.82 Å². The van der Waals surface area contributed by atoms with Crippen molar-refractivity contribution in [1.29, 1.82) is 0 Å². The van der Waals surface area contributed by atoms with Crippen molar-refractivity contribution in [2.24, 2.45) is 0 Å². The zero-order chi connectivity index (χ0) is 16.2. The lowest BCUT2D eigenvalue weighted by Gasteiger charge is -2.24. The summed E-state index contributed by atoms with van der Waals surface area (Å²) in [7, 11) is 2.06. The van der Waals surface area contributed by atoms with Crippen molar-refractivity contribution in [1.82, 2.24) is 24.8 Å². The Morgan fingerprint density at radius 3 is 2.74 bits per heavy atom. The van der Waals surface area contributed by atoms with Crippen LogP contribution in [-0.4, -0.2) is 56.8 Å². The highest BCUT2D eigenvalue weighted by Crippen LogP contribution is 2.19. The first-order valence-corrected chi connectivity index (χ1v) is 7.82. The molecular formula is C17H21N5O. The van der Waals surface area contributed by atoms with Crippen LogP contribution < -0.4 is 0 Å². The van der Waals surface area contributed by atoms with Crippen molar-refractivity contribution in [3.8, 4) is 0 Å². The Balaban J connectivity index is 1.62. The molecular weight excluding hydrogens is 290 g/mol. The van der Waals surface area contributed by atoms with Crippen LogP contribution in [0.3, 0.4) is 0 Å². The number of pyridine rings is 1. The molecule has 1 saturated heterocycles. The fourth-order valence-corrected chi connectivity index (χ4v) is 2.93. The standard InChI is InChI=1S/C17H21N5O/c1-13-15(5-3-7-18-13)17(23)22-10-6-14(11-22)21(2)12-16-19-8-4-9-20-16/h3-5,7-9,14H,6,10-12H2,1-2H3/t14-/m0/s1. The highest BCUT2D eigenvalue weighted by Gasteiger charge is 2.30. The average Bonchev–Trinajstić information content (AvgIpc) is 3.06. The normalized spacial score (nSPS) is 17.7. The zero-order valence-electron chi connectivity index (χ0n) is 13.5. The lowest BCUT2D eigenvalue weighted by atomic mass is 10.2. The molecule has 0 saturated carbocycles.